The van der Waals surface area contributed by atoms with E-state index in [1.807, 2.05) is 6.92 Å². The Balaban J connectivity index is 2.17. The second kappa shape index (κ2) is 4.61. The molecule has 2 N–H and O–H groups in total. The number of hydrogen-bond donors (Lipinski definition) is 2. The highest BCUT2D eigenvalue weighted by Crippen LogP contribution is 2.25. The van der Waals surface area contributed by atoms with Crippen molar-refractivity contribution >= 4 is 26.6 Å². The number of pyridine rings is 1. The molecule has 2 heterocycles. The minimum atomic E-state index is -3.68. The quantitative estimate of drug-likeness (QED) is 0.772. The minimum absolute atomic E-state index is 0.201. The molecule has 3 rings (SSSR count). The van der Waals surface area contributed by atoms with Crippen molar-refractivity contribution in [2.24, 2.45) is 0 Å². The highest BCUT2D eigenvalue weighted by Gasteiger charge is 2.18. The molecule has 20 heavy (non-hydrogen) atoms. The van der Waals surface area contributed by atoms with Crippen molar-refractivity contribution in [3.8, 4) is 0 Å². The molecule has 0 spiro atoms. The summed E-state index contributed by atoms with van der Waals surface area (Å²) < 4.78 is 27.4. The van der Waals surface area contributed by atoms with Crippen LogP contribution in [0.25, 0.3) is 10.9 Å². The predicted molar refractivity (Wildman–Crippen MR) is 75.9 cm³/mol. The van der Waals surface area contributed by atoms with Crippen LogP contribution in [0.15, 0.2) is 47.8 Å². The zero-order valence-electron chi connectivity index (χ0n) is 10.7. The number of H-pyrrole nitrogens is 1. The van der Waals surface area contributed by atoms with Gasteiger partial charge < -0.3 is 0 Å². The van der Waals surface area contributed by atoms with Gasteiger partial charge in [-0.1, -0.05) is 6.07 Å². The predicted octanol–water partition coefficient (Wildman–Crippen LogP) is 2.07. The van der Waals surface area contributed by atoms with E-state index in [2.05, 4.69) is 19.9 Å². The molecular formula is C13H12N4O2S. The first-order chi connectivity index (χ1) is 9.58. The van der Waals surface area contributed by atoms with Crippen LogP contribution < -0.4 is 4.72 Å². The Morgan fingerprint density at radius 1 is 1.25 bits per heavy atom. The smallest absolute Gasteiger partial charge is 0.262 e. The van der Waals surface area contributed by atoms with Gasteiger partial charge in [0.15, 0.2) is 0 Å². The lowest BCUT2D eigenvalue weighted by Crippen LogP contribution is -2.13. The molecule has 0 saturated heterocycles. The molecule has 7 heteroatoms. The van der Waals surface area contributed by atoms with E-state index in [4.69, 9.17) is 0 Å². The van der Waals surface area contributed by atoms with E-state index in [9.17, 15) is 8.42 Å². The van der Waals surface area contributed by atoms with E-state index in [-0.39, 0.29) is 4.90 Å². The number of benzene rings is 1. The molecule has 0 fully saturated rings. The number of nitrogens with zero attached hydrogens (tertiary/aromatic N) is 2. The highest BCUT2D eigenvalue weighted by molar-refractivity contribution is 7.93. The van der Waals surface area contributed by atoms with Crippen LogP contribution in [0.4, 0.5) is 5.69 Å². The summed E-state index contributed by atoms with van der Waals surface area (Å²) in [5.74, 6) is 0. The van der Waals surface area contributed by atoms with Gasteiger partial charge in [0.2, 0.25) is 0 Å². The number of anilines is 1. The zero-order valence-corrected chi connectivity index (χ0v) is 11.5. The standard InChI is InChI=1S/C13H12N4O2S/c1-9-4-5-12(11-3-2-6-14-13(9)11)20(18,19)17-10-7-15-16-8-10/h2-8,17H,1H3,(H,15,16). The van der Waals surface area contributed by atoms with Crippen LogP contribution in [0.5, 0.6) is 0 Å². The van der Waals surface area contributed by atoms with Crippen molar-refractivity contribution in [2.45, 2.75) is 11.8 Å². The molecule has 0 aliphatic heterocycles. The summed E-state index contributed by atoms with van der Waals surface area (Å²) in [5.41, 5.74) is 2.01. The molecule has 0 radical (unpaired) electrons. The van der Waals surface area contributed by atoms with Crippen LogP contribution in [0.2, 0.25) is 0 Å². The number of sulfonamides is 1. The summed E-state index contributed by atoms with van der Waals surface area (Å²) in [7, 11) is -3.68. The van der Waals surface area contributed by atoms with Crippen molar-refractivity contribution < 1.29 is 8.42 Å². The number of aryl methyl sites for hydroxylation is 1. The van der Waals surface area contributed by atoms with Crippen LogP contribution in [0.1, 0.15) is 5.56 Å². The molecule has 0 saturated carbocycles. The van der Waals surface area contributed by atoms with Gasteiger partial charge in [-0.2, -0.15) is 5.10 Å². The number of rotatable bonds is 3. The maximum atomic E-state index is 12.4. The molecule has 6 nitrogen and oxygen atoms in total. The lowest BCUT2D eigenvalue weighted by molar-refractivity contribution is 0.602. The molecule has 1 aromatic carbocycles. The molecule has 3 aromatic rings. The molecule has 0 aliphatic rings. The third kappa shape index (κ3) is 2.12. The summed E-state index contributed by atoms with van der Waals surface area (Å²) in [6, 6.07) is 6.80. The van der Waals surface area contributed by atoms with Gasteiger partial charge in [0, 0.05) is 17.8 Å². The van der Waals surface area contributed by atoms with E-state index in [1.54, 1.807) is 30.5 Å². The molecule has 0 unspecified atom stereocenters. The largest absolute Gasteiger partial charge is 0.284 e. The highest BCUT2D eigenvalue weighted by atomic mass is 32.2. The van der Waals surface area contributed by atoms with Crippen molar-refractivity contribution in [3.05, 3.63) is 48.4 Å². The average Bonchev–Trinajstić information content (AvgIpc) is 2.91. The minimum Gasteiger partial charge on any atom is -0.284 e. The summed E-state index contributed by atoms with van der Waals surface area (Å²) in [6.45, 7) is 1.90. The SMILES string of the molecule is Cc1ccc(S(=O)(=O)Nc2cn[nH]c2)c2cccnc12. The number of hydrogen-bond acceptors (Lipinski definition) is 4. The van der Waals surface area contributed by atoms with Gasteiger partial charge in [-0.25, -0.2) is 8.42 Å². The van der Waals surface area contributed by atoms with Gasteiger partial charge in [0.25, 0.3) is 10.0 Å². The monoisotopic (exact) mass is 288 g/mol. The van der Waals surface area contributed by atoms with Crippen LogP contribution in [-0.2, 0) is 10.0 Å². The fraction of sp³-hybridized carbons (Fsp3) is 0.0769. The molecular weight excluding hydrogens is 276 g/mol. The number of fused-ring (bicyclic) bond motifs is 1. The Morgan fingerprint density at radius 2 is 2.10 bits per heavy atom. The zero-order chi connectivity index (χ0) is 14.2. The number of nitrogens with one attached hydrogen (secondary N) is 2. The van der Waals surface area contributed by atoms with Crippen molar-refractivity contribution in [1.82, 2.24) is 15.2 Å². The van der Waals surface area contributed by atoms with Crippen molar-refractivity contribution in [1.29, 1.82) is 0 Å². The van der Waals surface area contributed by atoms with Gasteiger partial charge in [-0.15, -0.1) is 0 Å². The maximum Gasteiger partial charge on any atom is 0.262 e. The molecule has 0 amide bonds. The molecule has 0 atom stereocenters. The first-order valence-electron chi connectivity index (χ1n) is 5.94. The molecule has 0 bridgehead atoms. The lowest BCUT2D eigenvalue weighted by atomic mass is 10.1. The van der Waals surface area contributed by atoms with E-state index in [1.165, 1.54) is 12.4 Å². The van der Waals surface area contributed by atoms with Gasteiger partial charge in [0.1, 0.15) is 0 Å². The number of aromatic nitrogens is 3. The van der Waals surface area contributed by atoms with Crippen LogP contribution >= 0.6 is 0 Å². The Hall–Kier alpha value is -2.41. The average molecular weight is 288 g/mol. The molecule has 2 aromatic heterocycles. The van der Waals surface area contributed by atoms with E-state index >= 15 is 0 Å². The van der Waals surface area contributed by atoms with Gasteiger partial charge in [-0.05, 0) is 30.7 Å². The Labute approximate surface area is 115 Å². The fourth-order valence-corrected chi connectivity index (χ4v) is 3.27. The van der Waals surface area contributed by atoms with Gasteiger partial charge in [0.05, 0.1) is 22.3 Å². The molecule has 102 valence electrons. The third-order valence-corrected chi connectivity index (χ3v) is 4.41. The topological polar surface area (TPSA) is 87.7 Å². The van der Waals surface area contributed by atoms with Gasteiger partial charge in [-0.3, -0.25) is 14.8 Å². The Morgan fingerprint density at radius 3 is 2.85 bits per heavy atom. The van der Waals surface area contributed by atoms with Crippen LogP contribution in [0, 0.1) is 6.92 Å². The Bertz CT molecular complexity index is 857. The molecule has 0 aliphatic carbocycles. The third-order valence-electron chi connectivity index (χ3n) is 2.97. The van der Waals surface area contributed by atoms with Crippen LogP contribution in [-0.4, -0.2) is 23.6 Å². The van der Waals surface area contributed by atoms with Crippen molar-refractivity contribution in [3.63, 3.8) is 0 Å². The second-order valence-corrected chi connectivity index (χ2v) is 6.02. The van der Waals surface area contributed by atoms with E-state index in [0.29, 0.717) is 16.6 Å². The fourth-order valence-electron chi connectivity index (χ4n) is 2.04. The first-order valence-corrected chi connectivity index (χ1v) is 7.42. The summed E-state index contributed by atoms with van der Waals surface area (Å²) in [4.78, 5) is 4.44. The summed E-state index contributed by atoms with van der Waals surface area (Å²) in [6.07, 6.45) is 4.54. The van der Waals surface area contributed by atoms with Crippen LogP contribution in [0.3, 0.4) is 0 Å². The second-order valence-electron chi connectivity index (χ2n) is 4.37. The summed E-state index contributed by atoms with van der Waals surface area (Å²) >= 11 is 0. The lowest BCUT2D eigenvalue weighted by Gasteiger charge is -2.10. The summed E-state index contributed by atoms with van der Waals surface area (Å²) in [5, 5.41) is 6.87. The Kier molecular flexibility index (Phi) is 2.90. The first kappa shape index (κ1) is 12.6. The van der Waals surface area contributed by atoms with E-state index in [0.717, 1.165) is 5.56 Å². The maximum absolute atomic E-state index is 12.4. The van der Waals surface area contributed by atoms with Crippen molar-refractivity contribution in [2.75, 3.05) is 4.72 Å². The van der Waals surface area contributed by atoms with Gasteiger partial charge >= 0.3 is 0 Å². The number of aromatic amines is 1. The van der Waals surface area contributed by atoms with E-state index < -0.39 is 10.0 Å². The normalized spacial score (nSPS) is 11.7.